The van der Waals surface area contributed by atoms with E-state index in [1.54, 1.807) is 30.5 Å². The van der Waals surface area contributed by atoms with Crippen LogP contribution in [0.2, 0.25) is 0 Å². The highest BCUT2D eigenvalue weighted by Gasteiger charge is 2.13. The van der Waals surface area contributed by atoms with Crippen molar-refractivity contribution in [2.24, 2.45) is 0 Å². The standard InChI is InChI=1S/C23H24N2O4S2/c1-28-22(26)19-7-3-17(4-8-19)14-30-21(13-25-12-11-24-16-25)31-15-18-5-9-20(10-6-18)23(27)29-2/h3-12,16,21H,13-15H2,1-2H3. The number of carbonyl (C=O) groups excluding carboxylic acids is 2. The van der Waals surface area contributed by atoms with Crippen molar-refractivity contribution >= 4 is 35.5 Å². The summed E-state index contributed by atoms with van der Waals surface area (Å²) in [5.74, 6) is 1.00. The van der Waals surface area contributed by atoms with Crippen LogP contribution in [0.5, 0.6) is 0 Å². The second kappa shape index (κ2) is 11.6. The van der Waals surface area contributed by atoms with E-state index in [0.717, 1.165) is 29.2 Å². The number of thioether (sulfide) groups is 2. The smallest absolute Gasteiger partial charge is 0.337 e. The van der Waals surface area contributed by atoms with Crippen LogP contribution in [0, 0.1) is 0 Å². The third-order valence-electron chi connectivity index (χ3n) is 4.54. The van der Waals surface area contributed by atoms with Crippen molar-refractivity contribution in [3.63, 3.8) is 0 Å². The first-order valence-corrected chi connectivity index (χ1v) is 11.7. The van der Waals surface area contributed by atoms with E-state index in [9.17, 15) is 9.59 Å². The van der Waals surface area contributed by atoms with Crippen molar-refractivity contribution < 1.29 is 19.1 Å². The van der Waals surface area contributed by atoms with Gasteiger partial charge < -0.3 is 14.0 Å². The molecule has 162 valence electrons. The molecule has 0 fully saturated rings. The average molecular weight is 457 g/mol. The second-order valence-corrected chi connectivity index (χ2v) is 9.37. The van der Waals surface area contributed by atoms with Gasteiger partial charge in [0.1, 0.15) is 0 Å². The number of hydrogen-bond donors (Lipinski definition) is 0. The van der Waals surface area contributed by atoms with Crippen molar-refractivity contribution in [2.45, 2.75) is 22.6 Å². The molecule has 0 bridgehead atoms. The van der Waals surface area contributed by atoms with Crippen molar-refractivity contribution in [1.82, 2.24) is 9.55 Å². The van der Waals surface area contributed by atoms with E-state index in [2.05, 4.69) is 9.55 Å². The molecule has 0 saturated carbocycles. The van der Waals surface area contributed by atoms with E-state index in [1.165, 1.54) is 14.2 Å². The number of aromatic nitrogens is 2. The number of carbonyl (C=O) groups is 2. The number of benzene rings is 2. The molecule has 8 heteroatoms. The van der Waals surface area contributed by atoms with Crippen molar-refractivity contribution in [2.75, 3.05) is 14.2 Å². The summed E-state index contributed by atoms with van der Waals surface area (Å²) in [6.07, 6.45) is 5.57. The van der Waals surface area contributed by atoms with Gasteiger partial charge in [-0.05, 0) is 35.4 Å². The van der Waals surface area contributed by atoms with Gasteiger partial charge >= 0.3 is 11.9 Å². The van der Waals surface area contributed by atoms with E-state index in [-0.39, 0.29) is 11.9 Å². The number of hydrogen-bond acceptors (Lipinski definition) is 7. The zero-order valence-corrected chi connectivity index (χ0v) is 19.0. The molecule has 31 heavy (non-hydrogen) atoms. The number of imidazole rings is 1. The molecular formula is C23H24N2O4S2. The number of methoxy groups -OCH3 is 2. The molecular weight excluding hydrogens is 432 g/mol. The lowest BCUT2D eigenvalue weighted by atomic mass is 10.1. The van der Waals surface area contributed by atoms with Crippen LogP contribution in [-0.2, 0) is 27.5 Å². The van der Waals surface area contributed by atoms with E-state index in [0.29, 0.717) is 15.7 Å². The Balaban J connectivity index is 1.60. The Morgan fingerprint density at radius 2 is 1.35 bits per heavy atom. The average Bonchev–Trinajstić information content (AvgIpc) is 3.33. The van der Waals surface area contributed by atoms with Gasteiger partial charge in [-0.3, -0.25) is 0 Å². The Morgan fingerprint density at radius 1 is 0.871 bits per heavy atom. The van der Waals surface area contributed by atoms with Crippen LogP contribution in [0.3, 0.4) is 0 Å². The fourth-order valence-corrected chi connectivity index (χ4v) is 5.30. The van der Waals surface area contributed by atoms with Gasteiger partial charge in [0.15, 0.2) is 0 Å². The zero-order chi connectivity index (χ0) is 22.1. The molecule has 1 heterocycles. The first kappa shape index (κ1) is 23.0. The monoisotopic (exact) mass is 456 g/mol. The van der Waals surface area contributed by atoms with E-state index < -0.39 is 0 Å². The zero-order valence-electron chi connectivity index (χ0n) is 17.4. The molecule has 1 aromatic heterocycles. The Kier molecular flexibility index (Phi) is 8.61. The third kappa shape index (κ3) is 6.90. The van der Waals surface area contributed by atoms with E-state index in [1.807, 2.05) is 60.3 Å². The van der Waals surface area contributed by atoms with Crippen LogP contribution in [0.25, 0.3) is 0 Å². The Bertz CT molecular complexity index is 910. The largest absolute Gasteiger partial charge is 0.465 e. The molecule has 0 saturated heterocycles. The Labute approximate surface area is 190 Å². The molecule has 0 unspecified atom stereocenters. The maximum atomic E-state index is 11.6. The van der Waals surface area contributed by atoms with Gasteiger partial charge in [-0.1, -0.05) is 24.3 Å². The highest BCUT2D eigenvalue weighted by atomic mass is 32.2. The molecule has 0 radical (unpaired) electrons. The van der Waals surface area contributed by atoms with Crippen molar-refractivity contribution in [3.8, 4) is 0 Å². The quantitative estimate of drug-likeness (QED) is 0.325. The summed E-state index contributed by atoms with van der Waals surface area (Å²) in [6, 6.07) is 15.0. The number of esters is 2. The van der Waals surface area contributed by atoms with E-state index in [4.69, 9.17) is 9.47 Å². The third-order valence-corrected chi connectivity index (χ3v) is 7.40. The molecule has 0 N–H and O–H groups in total. The molecule has 0 aliphatic heterocycles. The van der Waals surface area contributed by atoms with Crippen LogP contribution in [-0.4, -0.2) is 40.3 Å². The van der Waals surface area contributed by atoms with Gasteiger partial charge in [-0.15, -0.1) is 23.5 Å². The van der Waals surface area contributed by atoms with Crippen LogP contribution >= 0.6 is 23.5 Å². The first-order valence-electron chi connectivity index (χ1n) is 9.62. The molecule has 0 amide bonds. The van der Waals surface area contributed by atoms with E-state index >= 15 is 0 Å². The summed E-state index contributed by atoms with van der Waals surface area (Å²) < 4.78 is 11.9. The molecule has 0 spiro atoms. The van der Waals surface area contributed by atoms with Gasteiger partial charge in [0.25, 0.3) is 0 Å². The van der Waals surface area contributed by atoms with Crippen LogP contribution < -0.4 is 0 Å². The minimum Gasteiger partial charge on any atom is -0.465 e. The van der Waals surface area contributed by atoms with Crippen LogP contribution in [0.1, 0.15) is 31.8 Å². The molecule has 0 atom stereocenters. The second-order valence-electron chi connectivity index (χ2n) is 6.69. The first-order chi connectivity index (χ1) is 15.1. The lowest BCUT2D eigenvalue weighted by molar-refractivity contribution is 0.0592. The van der Waals surface area contributed by atoms with Gasteiger partial charge in [0, 0.05) is 30.4 Å². The Hall–Kier alpha value is -2.71. The predicted octanol–water partition coefficient (Wildman–Crippen LogP) is 4.65. The summed E-state index contributed by atoms with van der Waals surface area (Å²) in [7, 11) is 2.76. The van der Waals surface area contributed by atoms with Crippen LogP contribution in [0.15, 0.2) is 67.3 Å². The van der Waals surface area contributed by atoms with Gasteiger partial charge in [0.2, 0.25) is 0 Å². The van der Waals surface area contributed by atoms with Crippen molar-refractivity contribution in [1.29, 1.82) is 0 Å². The Morgan fingerprint density at radius 3 is 1.74 bits per heavy atom. The normalized spacial score (nSPS) is 10.8. The summed E-state index contributed by atoms with van der Waals surface area (Å²) in [5, 5.41) is 0. The highest BCUT2D eigenvalue weighted by molar-refractivity contribution is 8.16. The molecule has 3 rings (SSSR count). The highest BCUT2D eigenvalue weighted by Crippen LogP contribution is 2.31. The lowest BCUT2D eigenvalue weighted by Gasteiger charge is -2.17. The maximum Gasteiger partial charge on any atom is 0.337 e. The molecule has 2 aromatic carbocycles. The molecule has 3 aromatic rings. The predicted molar refractivity (Wildman–Crippen MR) is 124 cm³/mol. The topological polar surface area (TPSA) is 70.4 Å². The summed E-state index contributed by atoms with van der Waals surface area (Å²) in [4.78, 5) is 27.3. The van der Waals surface area contributed by atoms with Gasteiger partial charge in [-0.2, -0.15) is 0 Å². The number of nitrogens with zero attached hydrogens (tertiary/aromatic N) is 2. The minimum atomic E-state index is -0.328. The fourth-order valence-electron chi connectivity index (χ4n) is 2.81. The van der Waals surface area contributed by atoms with Crippen molar-refractivity contribution in [3.05, 3.63) is 89.5 Å². The molecule has 6 nitrogen and oxygen atoms in total. The lowest BCUT2D eigenvalue weighted by Crippen LogP contribution is -2.09. The maximum absolute atomic E-state index is 11.6. The molecule has 0 aliphatic carbocycles. The van der Waals surface area contributed by atoms with Gasteiger partial charge in [-0.25, -0.2) is 14.6 Å². The summed E-state index contributed by atoms with van der Waals surface area (Å²) >= 11 is 3.70. The summed E-state index contributed by atoms with van der Waals surface area (Å²) in [5.41, 5.74) is 3.40. The van der Waals surface area contributed by atoms with Gasteiger partial charge in [0.05, 0.1) is 36.3 Å². The molecule has 0 aliphatic rings. The fraction of sp³-hybridized carbons (Fsp3) is 0.261. The SMILES string of the molecule is COC(=O)c1ccc(CSC(Cn2ccnc2)SCc2ccc(C(=O)OC)cc2)cc1. The number of rotatable bonds is 10. The minimum absolute atomic E-state index is 0.301. The number of ether oxygens (including phenoxy) is 2. The van der Waals surface area contributed by atoms with Crippen LogP contribution in [0.4, 0.5) is 0 Å². The summed E-state index contributed by atoms with van der Waals surface area (Å²) in [6.45, 7) is 0.829.